The number of hydrogen-bond acceptors (Lipinski definition) is 6. The van der Waals surface area contributed by atoms with Crippen LogP contribution in [-0.2, 0) is 9.59 Å². The molecule has 3 rings (SSSR count). The van der Waals surface area contributed by atoms with Gasteiger partial charge < -0.3 is 10.2 Å². The van der Waals surface area contributed by atoms with Crippen LogP contribution < -0.4 is 10.2 Å². The third kappa shape index (κ3) is 3.48. The van der Waals surface area contributed by atoms with Gasteiger partial charge in [0.2, 0.25) is 17.6 Å². The molecule has 0 aliphatic carbocycles. The molecule has 2 amide bonds. The molecule has 0 radical (unpaired) electrons. The fourth-order valence-electron chi connectivity index (χ4n) is 2.56. The van der Waals surface area contributed by atoms with Crippen LogP contribution in [0.25, 0.3) is 0 Å². The Morgan fingerprint density at radius 1 is 1.52 bits per heavy atom. The summed E-state index contributed by atoms with van der Waals surface area (Å²) in [5.74, 6) is -2.28. The molecule has 0 spiro atoms. The third-order valence-corrected chi connectivity index (χ3v) is 4.61. The quantitative estimate of drug-likeness (QED) is 0.663. The highest BCUT2D eigenvalue weighted by Gasteiger charge is 2.36. The first kappa shape index (κ1) is 17.0. The zero-order valence-electron chi connectivity index (χ0n) is 13.1. The molecular formula is C15H13FN4O4S. The van der Waals surface area contributed by atoms with E-state index in [0.29, 0.717) is 5.13 Å². The predicted molar refractivity (Wildman–Crippen MR) is 89.0 cm³/mol. The maximum atomic E-state index is 13.4. The fourth-order valence-corrected chi connectivity index (χ4v) is 3.23. The summed E-state index contributed by atoms with van der Waals surface area (Å²) in [6, 6.07) is 3.22. The van der Waals surface area contributed by atoms with Gasteiger partial charge in [0.1, 0.15) is 0 Å². The SMILES string of the molecule is Cc1cnc(NC(=O)C2CC(=O)N(c3ccc(F)c([N+](=O)[O-])c3)C2)s1. The molecule has 10 heteroatoms. The molecule has 1 aliphatic heterocycles. The maximum absolute atomic E-state index is 13.4. The standard InChI is InChI=1S/C15H13FN4O4S/c1-8-6-17-15(25-8)18-14(22)9-4-13(21)19(7-9)10-2-3-11(16)12(5-10)20(23)24/h2-3,5-6,9H,4,7H2,1H3,(H,17,18,22). The zero-order valence-corrected chi connectivity index (χ0v) is 13.9. The Balaban J connectivity index is 1.75. The van der Waals surface area contributed by atoms with Gasteiger partial charge in [0.25, 0.3) is 0 Å². The van der Waals surface area contributed by atoms with Crippen molar-refractivity contribution < 1.29 is 18.9 Å². The van der Waals surface area contributed by atoms with Gasteiger partial charge in [-0.1, -0.05) is 0 Å². The molecule has 1 aromatic carbocycles. The van der Waals surface area contributed by atoms with Crippen molar-refractivity contribution in [3.05, 3.63) is 45.2 Å². The topological polar surface area (TPSA) is 105 Å². The van der Waals surface area contributed by atoms with Crippen molar-refractivity contribution in [3.63, 3.8) is 0 Å². The number of nitrogens with one attached hydrogen (secondary N) is 1. The van der Waals surface area contributed by atoms with Crippen molar-refractivity contribution >= 4 is 39.7 Å². The fraction of sp³-hybridized carbons (Fsp3) is 0.267. The van der Waals surface area contributed by atoms with Gasteiger partial charge in [-0.15, -0.1) is 11.3 Å². The number of benzene rings is 1. The summed E-state index contributed by atoms with van der Waals surface area (Å²) in [6.45, 7) is 1.92. The molecule has 2 heterocycles. The van der Waals surface area contributed by atoms with Gasteiger partial charge in [0, 0.05) is 30.1 Å². The highest BCUT2D eigenvalue weighted by atomic mass is 32.1. The van der Waals surface area contributed by atoms with Gasteiger partial charge in [-0.25, -0.2) is 4.98 Å². The first-order valence-electron chi connectivity index (χ1n) is 7.32. The van der Waals surface area contributed by atoms with Gasteiger partial charge in [-0.3, -0.25) is 19.7 Å². The minimum atomic E-state index is -0.978. The smallest absolute Gasteiger partial charge is 0.306 e. The van der Waals surface area contributed by atoms with Crippen molar-refractivity contribution in [1.29, 1.82) is 0 Å². The Hall–Kier alpha value is -2.88. The van der Waals surface area contributed by atoms with Gasteiger partial charge in [-0.05, 0) is 19.1 Å². The number of thiazole rings is 1. The molecule has 1 N–H and O–H groups in total. The zero-order chi connectivity index (χ0) is 18.1. The second kappa shape index (κ2) is 6.55. The molecule has 25 heavy (non-hydrogen) atoms. The van der Waals surface area contributed by atoms with Gasteiger partial charge in [0.05, 0.1) is 16.5 Å². The number of carbonyl (C=O) groups is 2. The summed E-state index contributed by atoms with van der Waals surface area (Å²) in [5, 5.41) is 13.9. The molecule has 0 bridgehead atoms. The lowest BCUT2D eigenvalue weighted by Crippen LogP contribution is -2.28. The van der Waals surface area contributed by atoms with E-state index in [1.54, 1.807) is 6.20 Å². The van der Waals surface area contributed by atoms with Crippen LogP contribution in [-0.4, -0.2) is 28.3 Å². The maximum Gasteiger partial charge on any atom is 0.306 e. The number of halogens is 1. The van der Waals surface area contributed by atoms with Crippen LogP contribution in [0.15, 0.2) is 24.4 Å². The monoisotopic (exact) mass is 364 g/mol. The number of nitro benzene ring substituents is 1. The predicted octanol–water partition coefficient (Wildman–Crippen LogP) is 2.49. The summed E-state index contributed by atoms with van der Waals surface area (Å²) in [5.41, 5.74) is -0.519. The van der Waals surface area contributed by atoms with Crippen molar-refractivity contribution in [2.75, 3.05) is 16.8 Å². The number of hydrogen-bond donors (Lipinski definition) is 1. The number of aryl methyl sites for hydroxylation is 1. The summed E-state index contributed by atoms with van der Waals surface area (Å²) in [7, 11) is 0. The summed E-state index contributed by atoms with van der Waals surface area (Å²) >= 11 is 1.32. The van der Waals surface area contributed by atoms with Crippen molar-refractivity contribution in [2.24, 2.45) is 5.92 Å². The van der Waals surface area contributed by atoms with E-state index in [-0.39, 0.29) is 30.5 Å². The van der Waals surface area contributed by atoms with Gasteiger partial charge in [-0.2, -0.15) is 4.39 Å². The second-order valence-electron chi connectivity index (χ2n) is 5.56. The van der Waals surface area contributed by atoms with Gasteiger partial charge >= 0.3 is 5.69 Å². The Labute approximate surface area is 145 Å². The highest BCUT2D eigenvalue weighted by Crippen LogP contribution is 2.30. The number of anilines is 2. The Morgan fingerprint density at radius 2 is 2.28 bits per heavy atom. The van der Waals surface area contributed by atoms with Crippen LogP contribution in [0.5, 0.6) is 0 Å². The minimum absolute atomic E-state index is 0.0264. The number of rotatable bonds is 4. The lowest BCUT2D eigenvalue weighted by Gasteiger charge is -2.16. The Morgan fingerprint density at radius 3 is 2.92 bits per heavy atom. The average molecular weight is 364 g/mol. The molecular weight excluding hydrogens is 351 g/mol. The van der Waals surface area contributed by atoms with Crippen molar-refractivity contribution in [3.8, 4) is 0 Å². The molecule has 130 valence electrons. The molecule has 1 unspecified atom stereocenters. The molecule has 0 saturated carbocycles. The van der Waals surface area contributed by atoms with Gasteiger partial charge in [0.15, 0.2) is 5.13 Å². The largest absolute Gasteiger partial charge is 0.311 e. The molecule has 2 aromatic rings. The van der Waals surface area contributed by atoms with E-state index in [9.17, 15) is 24.1 Å². The third-order valence-electron chi connectivity index (χ3n) is 3.79. The second-order valence-corrected chi connectivity index (χ2v) is 6.80. The molecule has 1 saturated heterocycles. The lowest BCUT2D eigenvalue weighted by atomic mass is 10.1. The van der Waals surface area contributed by atoms with Crippen molar-refractivity contribution in [1.82, 2.24) is 4.98 Å². The molecule has 1 fully saturated rings. The first-order chi connectivity index (χ1) is 11.8. The highest BCUT2D eigenvalue weighted by molar-refractivity contribution is 7.15. The van der Waals surface area contributed by atoms with Crippen molar-refractivity contribution in [2.45, 2.75) is 13.3 Å². The van der Waals surface area contributed by atoms with Crippen LogP contribution in [0.2, 0.25) is 0 Å². The van der Waals surface area contributed by atoms with E-state index in [2.05, 4.69) is 10.3 Å². The molecule has 8 nitrogen and oxygen atoms in total. The summed E-state index contributed by atoms with van der Waals surface area (Å²) in [6.07, 6.45) is 1.60. The average Bonchev–Trinajstić information content (AvgIpc) is 3.13. The number of amides is 2. The summed E-state index contributed by atoms with van der Waals surface area (Å²) in [4.78, 5) is 40.7. The van der Waals surface area contributed by atoms with Crippen LogP contribution in [0.1, 0.15) is 11.3 Å². The van der Waals surface area contributed by atoms with E-state index in [1.165, 1.54) is 22.3 Å². The Bertz CT molecular complexity index is 869. The minimum Gasteiger partial charge on any atom is -0.311 e. The number of carbonyl (C=O) groups excluding carboxylic acids is 2. The normalized spacial score (nSPS) is 17.0. The molecule has 1 aliphatic rings. The van der Waals surface area contributed by atoms with Crippen LogP contribution >= 0.6 is 11.3 Å². The van der Waals surface area contributed by atoms with E-state index < -0.39 is 22.3 Å². The van der Waals surface area contributed by atoms with Crippen LogP contribution in [0.3, 0.4) is 0 Å². The van der Waals surface area contributed by atoms with E-state index in [4.69, 9.17) is 0 Å². The first-order valence-corrected chi connectivity index (χ1v) is 8.14. The molecule has 1 atom stereocenters. The lowest BCUT2D eigenvalue weighted by molar-refractivity contribution is -0.387. The number of nitro groups is 1. The van der Waals surface area contributed by atoms with E-state index >= 15 is 0 Å². The Kier molecular flexibility index (Phi) is 4.45. The summed E-state index contributed by atoms with van der Waals surface area (Å²) < 4.78 is 13.4. The van der Waals surface area contributed by atoms with E-state index in [1.807, 2.05) is 6.92 Å². The van der Waals surface area contributed by atoms with Crippen LogP contribution in [0, 0.1) is 28.8 Å². The number of aromatic nitrogens is 1. The van der Waals surface area contributed by atoms with E-state index in [0.717, 1.165) is 17.0 Å². The molecule has 1 aromatic heterocycles. The van der Waals surface area contributed by atoms with Crippen LogP contribution in [0.4, 0.5) is 20.9 Å². The number of nitrogens with zero attached hydrogens (tertiary/aromatic N) is 3.